The number of para-hydroxylation sites is 2. The van der Waals surface area contributed by atoms with Crippen LogP contribution in [0.1, 0.15) is 35.8 Å². The molecule has 0 spiro atoms. The molecule has 2 amide bonds. The van der Waals surface area contributed by atoms with Gasteiger partial charge in [0, 0.05) is 38.8 Å². The number of anilines is 2. The first kappa shape index (κ1) is 22.6. The van der Waals surface area contributed by atoms with Gasteiger partial charge in [-0.3, -0.25) is 9.59 Å². The van der Waals surface area contributed by atoms with E-state index in [9.17, 15) is 9.59 Å². The van der Waals surface area contributed by atoms with Crippen molar-refractivity contribution in [3.8, 4) is 0 Å². The Morgan fingerprint density at radius 1 is 0.727 bits per heavy atom. The molecule has 2 aromatic carbocycles. The molecular formula is C27H27N3O2S. The van der Waals surface area contributed by atoms with Crippen molar-refractivity contribution in [3.05, 3.63) is 105 Å². The number of rotatable bonds is 5. The third-order valence-electron chi connectivity index (χ3n) is 5.86. The van der Waals surface area contributed by atoms with Crippen LogP contribution in [0.25, 0.3) is 0 Å². The molecule has 0 radical (unpaired) electrons. The van der Waals surface area contributed by atoms with E-state index < -0.39 is 5.92 Å². The Balaban J connectivity index is 1.73. The molecule has 1 aliphatic rings. The zero-order valence-corrected chi connectivity index (χ0v) is 20.0. The number of aryl methyl sites for hydroxylation is 2. The minimum atomic E-state index is -0.473. The van der Waals surface area contributed by atoms with Crippen molar-refractivity contribution < 1.29 is 9.59 Å². The highest BCUT2D eigenvalue weighted by molar-refractivity contribution is 7.10. The zero-order chi connectivity index (χ0) is 23.5. The Morgan fingerprint density at radius 2 is 1.21 bits per heavy atom. The summed E-state index contributed by atoms with van der Waals surface area (Å²) in [7, 11) is 0. The Morgan fingerprint density at radius 3 is 1.64 bits per heavy atom. The van der Waals surface area contributed by atoms with Gasteiger partial charge in [0.05, 0.1) is 5.92 Å². The maximum Gasteiger partial charge on any atom is 0.254 e. The van der Waals surface area contributed by atoms with Gasteiger partial charge in [-0.05, 0) is 62.4 Å². The molecular weight excluding hydrogens is 430 g/mol. The number of carbonyl (C=O) groups excluding carboxylic acids is 2. The smallest absolute Gasteiger partial charge is 0.254 e. The van der Waals surface area contributed by atoms with E-state index in [-0.39, 0.29) is 11.8 Å². The Labute approximate surface area is 198 Å². The van der Waals surface area contributed by atoms with Gasteiger partial charge in [-0.1, -0.05) is 42.5 Å². The number of amides is 2. The molecule has 6 heteroatoms. The number of hydrogen-bond donors (Lipinski definition) is 3. The molecule has 0 bridgehead atoms. The van der Waals surface area contributed by atoms with Gasteiger partial charge in [-0.2, -0.15) is 0 Å². The van der Waals surface area contributed by atoms with E-state index in [1.54, 1.807) is 0 Å². The van der Waals surface area contributed by atoms with E-state index in [0.29, 0.717) is 11.1 Å². The van der Waals surface area contributed by atoms with Crippen LogP contribution in [0.5, 0.6) is 0 Å². The van der Waals surface area contributed by atoms with Crippen molar-refractivity contribution >= 4 is 34.5 Å². The number of dihydropyridines is 1. The molecule has 2 heterocycles. The fraction of sp³-hybridized carbons (Fsp3) is 0.185. The topological polar surface area (TPSA) is 70.2 Å². The van der Waals surface area contributed by atoms with Gasteiger partial charge in [0.15, 0.2) is 0 Å². The van der Waals surface area contributed by atoms with Crippen molar-refractivity contribution in [2.45, 2.75) is 33.6 Å². The molecule has 1 aliphatic heterocycles. The largest absolute Gasteiger partial charge is 0.362 e. The molecule has 4 rings (SSSR count). The van der Waals surface area contributed by atoms with Crippen LogP contribution in [-0.4, -0.2) is 11.8 Å². The molecule has 0 saturated heterocycles. The quantitative estimate of drug-likeness (QED) is 0.448. The standard InChI is InChI=1S/C27H27N3O2S/c1-16-10-5-7-12-20(16)29-26(31)23-18(3)28-19(4)24(25(23)22-14-9-15-33-22)27(32)30-21-13-8-6-11-17(21)2/h5-15,25,28H,1-4H3,(H,29,31)(H,30,32). The monoisotopic (exact) mass is 457 g/mol. The first-order valence-electron chi connectivity index (χ1n) is 10.8. The third kappa shape index (κ3) is 4.61. The van der Waals surface area contributed by atoms with E-state index in [4.69, 9.17) is 0 Å². The summed E-state index contributed by atoms with van der Waals surface area (Å²) in [5, 5.41) is 11.3. The lowest BCUT2D eigenvalue weighted by atomic mass is 9.83. The second-order valence-electron chi connectivity index (χ2n) is 8.19. The maximum absolute atomic E-state index is 13.6. The van der Waals surface area contributed by atoms with Crippen molar-refractivity contribution in [2.75, 3.05) is 10.6 Å². The lowest BCUT2D eigenvalue weighted by molar-refractivity contribution is -0.113. The molecule has 3 N–H and O–H groups in total. The van der Waals surface area contributed by atoms with E-state index in [1.807, 2.05) is 93.7 Å². The normalized spacial score (nSPS) is 14.2. The number of allylic oxidation sites excluding steroid dienone is 2. The van der Waals surface area contributed by atoms with Crippen molar-refractivity contribution in [3.63, 3.8) is 0 Å². The van der Waals surface area contributed by atoms with Gasteiger partial charge in [-0.15, -0.1) is 11.3 Å². The highest BCUT2D eigenvalue weighted by atomic mass is 32.1. The highest BCUT2D eigenvalue weighted by Gasteiger charge is 2.37. The number of nitrogens with one attached hydrogen (secondary N) is 3. The highest BCUT2D eigenvalue weighted by Crippen LogP contribution is 2.41. The average Bonchev–Trinajstić information content (AvgIpc) is 3.31. The van der Waals surface area contributed by atoms with Gasteiger partial charge in [-0.25, -0.2) is 0 Å². The van der Waals surface area contributed by atoms with E-state index in [0.717, 1.165) is 38.8 Å². The van der Waals surface area contributed by atoms with Gasteiger partial charge < -0.3 is 16.0 Å². The van der Waals surface area contributed by atoms with Crippen LogP contribution in [-0.2, 0) is 9.59 Å². The minimum absolute atomic E-state index is 0.221. The number of thiophene rings is 1. The summed E-state index contributed by atoms with van der Waals surface area (Å²) in [5.41, 5.74) is 6.03. The molecule has 168 valence electrons. The third-order valence-corrected chi connectivity index (χ3v) is 6.80. The predicted molar refractivity (Wildman–Crippen MR) is 135 cm³/mol. The summed E-state index contributed by atoms with van der Waals surface area (Å²) in [4.78, 5) is 28.1. The van der Waals surface area contributed by atoms with Gasteiger partial charge in [0.1, 0.15) is 0 Å². The molecule has 0 aliphatic carbocycles. The fourth-order valence-electron chi connectivity index (χ4n) is 4.14. The number of carbonyl (C=O) groups is 2. The van der Waals surface area contributed by atoms with Gasteiger partial charge in [0.2, 0.25) is 0 Å². The molecule has 1 aromatic heterocycles. The van der Waals surface area contributed by atoms with Crippen LogP contribution < -0.4 is 16.0 Å². The van der Waals surface area contributed by atoms with Gasteiger partial charge >= 0.3 is 0 Å². The average molecular weight is 458 g/mol. The lowest BCUT2D eigenvalue weighted by Gasteiger charge is -2.31. The molecule has 0 unspecified atom stereocenters. The van der Waals surface area contributed by atoms with Gasteiger partial charge in [0.25, 0.3) is 11.8 Å². The van der Waals surface area contributed by atoms with Crippen molar-refractivity contribution in [2.24, 2.45) is 0 Å². The molecule has 5 nitrogen and oxygen atoms in total. The lowest BCUT2D eigenvalue weighted by Crippen LogP contribution is -2.34. The molecule has 0 saturated carbocycles. The van der Waals surface area contributed by atoms with E-state index in [1.165, 1.54) is 11.3 Å². The Hall–Kier alpha value is -3.64. The van der Waals surface area contributed by atoms with Crippen LogP contribution in [0.3, 0.4) is 0 Å². The second-order valence-corrected chi connectivity index (χ2v) is 9.17. The second kappa shape index (κ2) is 9.46. The van der Waals surface area contributed by atoms with Crippen LogP contribution >= 0.6 is 11.3 Å². The molecule has 0 fully saturated rings. The molecule has 33 heavy (non-hydrogen) atoms. The molecule has 3 aromatic rings. The maximum atomic E-state index is 13.6. The number of hydrogen-bond acceptors (Lipinski definition) is 4. The zero-order valence-electron chi connectivity index (χ0n) is 19.2. The van der Waals surface area contributed by atoms with Crippen LogP contribution in [0.4, 0.5) is 11.4 Å². The first-order chi connectivity index (χ1) is 15.9. The Bertz CT molecular complexity index is 1190. The van der Waals surface area contributed by atoms with Crippen LogP contribution in [0, 0.1) is 13.8 Å². The summed E-state index contributed by atoms with van der Waals surface area (Å²) in [6.45, 7) is 7.68. The minimum Gasteiger partial charge on any atom is -0.362 e. The first-order valence-corrected chi connectivity index (χ1v) is 11.7. The summed E-state index contributed by atoms with van der Waals surface area (Å²) < 4.78 is 0. The van der Waals surface area contributed by atoms with Crippen molar-refractivity contribution in [1.82, 2.24) is 5.32 Å². The van der Waals surface area contributed by atoms with Crippen LogP contribution in [0.15, 0.2) is 88.6 Å². The number of benzene rings is 2. The summed E-state index contributed by atoms with van der Waals surface area (Å²) >= 11 is 1.54. The van der Waals surface area contributed by atoms with E-state index >= 15 is 0 Å². The summed E-state index contributed by atoms with van der Waals surface area (Å²) in [6, 6.07) is 19.3. The summed E-state index contributed by atoms with van der Waals surface area (Å²) in [6.07, 6.45) is 0. The fourth-order valence-corrected chi connectivity index (χ4v) is 4.98. The SMILES string of the molecule is CC1=C(C(=O)Nc2ccccc2C)C(c2cccs2)C(C(=O)Nc2ccccc2C)=C(C)N1. The predicted octanol–water partition coefficient (Wildman–Crippen LogP) is 5.88. The summed E-state index contributed by atoms with van der Waals surface area (Å²) in [5.74, 6) is -0.915. The Kier molecular flexibility index (Phi) is 6.47. The van der Waals surface area contributed by atoms with Crippen molar-refractivity contribution in [1.29, 1.82) is 0 Å². The van der Waals surface area contributed by atoms with Crippen LogP contribution in [0.2, 0.25) is 0 Å². The van der Waals surface area contributed by atoms with E-state index in [2.05, 4.69) is 16.0 Å². The molecule has 0 atom stereocenters.